The van der Waals surface area contributed by atoms with Gasteiger partial charge in [0, 0.05) is 23.6 Å². The average Bonchev–Trinajstić information content (AvgIpc) is 2.54. The van der Waals surface area contributed by atoms with Crippen LogP contribution in [-0.4, -0.2) is 32.6 Å². The molecule has 1 aliphatic rings. The number of hydrogen-bond donors (Lipinski definition) is 1. The van der Waals surface area contributed by atoms with Crippen molar-refractivity contribution in [1.29, 1.82) is 0 Å². The Bertz CT molecular complexity index is 344. The second kappa shape index (κ2) is 6.01. The minimum atomic E-state index is 0.748. The zero-order valence-corrected chi connectivity index (χ0v) is 10.3. The van der Waals surface area contributed by atoms with E-state index in [1.165, 1.54) is 4.90 Å². The van der Waals surface area contributed by atoms with Gasteiger partial charge in [-0.15, -0.1) is 11.8 Å². The molecule has 0 amide bonds. The van der Waals surface area contributed by atoms with Crippen LogP contribution in [0.5, 0.6) is 11.5 Å². The molecular formula is C12H17NO2S. The maximum Gasteiger partial charge on any atom is 0.162 e. The van der Waals surface area contributed by atoms with E-state index in [2.05, 4.69) is 17.4 Å². The molecule has 0 saturated carbocycles. The number of thioether (sulfide) groups is 1. The lowest BCUT2D eigenvalue weighted by Gasteiger charge is -2.08. The summed E-state index contributed by atoms with van der Waals surface area (Å²) < 4.78 is 11.2. The van der Waals surface area contributed by atoms with E-state index < -0.39 is 0 Å². The van der Waals surface area contributed by atoms with Crippen LogP contribution in [-0.2, 0) is 0 Å². The second-order valence-electron chi connectivity index (χ2n) is 3.61. The van der Waals surface area contributed by atoms with Crippen molar-refractivity contribution in [3.63, 3.8) is 0 Å². The molecule has 1 heterocycles. The van der Waals surface area contributed by atoms with Crippen LogP contribution in [0.15, 0.2) is 23.1 Å². The number of nitrogens with one attached hydrogen (secondary N) is 1. The van der Waals surface area contributed by atoms with Gasteiger partial charge in [-0.05, 0) is 25.2 Å². The SMILES string of the molecule is CNCCSc1ccc2c(c1)OCCCO2. The van der Waals surface area contributed by atoms with Crippen molar-refractivity contribution in [3.05, 3.63) is 18.2 Å². The van der Waals surface area contributed by atoms with Gasteiger partial charge in [0.2, 0.25) is 0 Å². The van der Waals surface area contributed by atoms with Crippen molar-refractivity contribution in [2.45, 2.75) is 11.3 Å². The lowest BCUT2D eigenvalue weighted by atomic mass is 10.3. The summed E-state index contributed by atoms with van der Waals surface area (Å²) >= 11 is 1.83. The van der Waals surface area contributed by atoms with Gasteiger partial charge in [0.1, 0.15) is 0 Å². The first-order chi connectivity index (χ1) is 7.90. The van der Waals surface area contributed by atoms with Crippen LogP contribution in [0.4, 0.5) is 0 Å². The maximum absolute atomic E-state index is 5.64. The molecular weight excluding hydrogens is 222 g/mol. The largest absolute Gasteiger partial charge is 0.490 e. The highest BCUT2D eigenvalue weighted by Crippen LogP contribution is 2.33. The van der Waals surface area contributed by atoms with Crippen molar-refractivity contribution in [2.75, 3.05) is 32.6 Å². The smallest absolute Gasteiger partial charge is 0.162 e. The monoisotopic (exact) mass is 239 g/mol. The molecule has 0 unspecified atom stereocenters. The number of hydrogen-bond acceptors (Lipinski definition) is 4. The summed E-state index contributed by atoms with van der Waals surface area (Å²) in [5.41, 5.74) is 0. The summed E-state index contributed by atoms with van der Waals surface area (Å²) in [5.74, 6) is 2.82. The Hall–Kier alpha value is -0.870. The highest BCUT2D eigenvalue weighted by Gasteiger charge is 2.10. The van der Waals surface area contributed by atoms with Crippen LogP contribution in [0.1, 0.15) is 6.42 Å². The molecule has 0 spiro atoms. The topological polar surface area (TPSA) is 30.5 Å². The van der Waals surface area contributed by atoms with E-state index in [0.29, 0.717) is 0 Å². The van der Waals surface area contributed by atoms with Gasteiger partial charge >= 0.3 is 0 Å². The van der Waals surface area contributed by atoms with Crippen molar-refractivity contribution < 1.29 is 9.47 Å². The Morgan fingerprint density at radius 3 is 2.88 bits per heavy atom. The van der Waals surface area contributed by atoms with Crippen molar-refractivity contribution in [3.8, 4) is 11.5 Å². The fraction of sp³-hybridized carbons (Fsp3) is 0.500. The first-order valence-electron chi connectivity index (χ1n) is 5.57. The van der Waals surface area contributed by atoms with Crippen LogP contribution in [0.25, 0.3) is 0 Å². The molecule has 2 rings (SSSR count). The average molecular weight is 239 g/mol. The quantitative estimate of drug-likeness (QED) is 0.644. The third kappa shape index (κ3) is 3.06. The molecule has 16 heavy (non-hydrogen) atoms. The van der Waals surface area contributed by atoms with E-state index in [9.17, 15) is 0 Å². The van der Waals surface area contributed by atoms with Gasteiger partial charge in [-0.3, -0.25) is 0 Å². The zero-order chi connectivity index (χ0) is 11.2. The van der Waals surface area contributed by atoms with Gasteiger partial charge in [0.05, 0.1) is 13.2 Å². The molecule has 0 radical (unpaired) electrons. The number of ether oxygens (including phenoxy) is 2. The van der Waals surface area contributed by atoms with Crippen LogP contribution < -0.4 is 14.8 Å². The minimum Gasteiger partial charge on any atom is -0.490 e. The summed E-state index contributed by atoms with van der Waals surface area (Å²) in [6.07, 6.45) is 0.955. The molecule has 1 aromatic carbocycles. The van der Waals surface area contributed by atoms with Gasteiger partial charge < -0.3 is 14.8 Å². The summed E-state index contributed by atoms with van der Waals surface area (Å²) in [7, 11) is 1.97. The van der Waals surface area contributed by atoms with E-state index in [1.54, 1.807) is 0 Å². The lowest BCUT2D eigenvalue weighted by Crippen LogP contribution is -2.09. The molecule has 0 aliphatic carbocycles. The van der Waals surface area contributed by atoms with E-state index in [-0.39, 0.29) is 0 Å². The molecule has 88 valence electrons. The van der Waals surface area contributed by atoms with Crippen molar-refractivity contribution >= 4 is 11.8 Å². The first kappa shape index (κ1) is 11.6. The summed E-state index contributed by atoms with van der Waals surface area (Å²) in [5, 5.41) is 3.13. The molecule has 0 saturated heterocycles. The Morgan fingerprint density at radius 1 is 1.25 bits per heavy atom. The fourth-order valence-corrected chi connectivity index (χ4v) is 2.40. The van der Waals surface area contributed by atoms with E-state index in [1.807, 2.05) is 24.9 Å². The maximum atomic E-state index is 5.64. The second-order valence-corrected chi connectivity index (χ2v) is 4.78. The van der Waals surface area contributed by atoms with Crippen molar-refractivity contribution in [2.24, 2.45) is 0 Å². The Morgan fingerprint density at radius 2 is 2.06 bits per heavy atom. The number of benzene rings is 1. The Kier molecular flexibility index (Phi) is 4.36. The van der Waals surface area contributed by atoms with Crippen LogP contribution in [0, 0.1) is 0 Å². The van der Waals surface area contributed by atoms with Crippen LogP contribution in [0.3, 0.4) is 0 Å². The molecule has 1 aliphatic heterocycles. The van der Waals surface area contributed by atoms with Gasteiger partial charge in [-0.2, -0.15) is 0 Å². The summed E-state index contributed by atoms with van der Waals surface area (Å²) in [4.78, 5) is 1.24. The van der Waals surface area contributed by atoms with Gasteiger partial charge in [-0.1, -0.05) is 0 Å². The molecule has 0 atom stereocenters. The van der Waals surface area contributed by atoms with E-state index in [4.69, 9.17) is 9.47 Å². The standard InChI is InChI=1S/C12H17NO2S/c1-13-5-8-16-10-3-4-11-12(9-10)15-7-2-6-14-11/h3-4,9,13H,2,5-8H2,1H3. The minimum absolute atomic E-state index is 0.748. The molecule has 0 fully saturated rings. The highest BCUT2D eigenvalue weighted by atomic mass is 32.2. The normalized spacial score (nSPS) is 14.6. The van der Waals surface area contributed by atoms with E-state index in [0.717, 1.165) is 43.4 Å². The van der Waals surface area contributed by atoms with Crippen LogP contribution in [0.2, 0.25) is 0 Å². The van der Waals surface area contributed by atoms with Gasteiger partial charge in [-0.25, -0.2) is 0 Å². The molecule has 3 nitrogen and oxygen atoms in total. The highest BCUT2D eigenvalue weighted by molar-refractivity contribution is 7.99. The Balaban J connectivity index is 2.02. The van der Waals surface area contributed by atoms with Crippen molar-refractivity contribution in [1.82, 2.24) is 5.32 Å². The fourth-order valence-electron chi connectivity index (χ4n) is 1.50. The molecule has 1 aromatic rings. The van der Waals surface area contributed by atoms with E-state index >= 15 is 0 Å². The predicted molar refractivity (Wildman–Crippen MR) is 66.7 cm³/mol. The number of fused-ring (bicyclic) bond motifs is 1. The van der Waals surface area contributed by atoms with Crippen LogP contribution >= 0.6 is 11.8 Å². The van der Waals surface area contributed by atoms with Gasteiger partial charge in [0.15, 0.2) is 11.5 Å². The molecule has 0 bridgehead atoms. The molecule has 4 heteroatoms. The summed E-state index contributed by atoms with van der Waals surface area (Å²) in [6, 6.07) is 6.16. The van der Waals surface area contributed by atoms with Gasteiger partial charge in [0.25, 0.3) is 0 Å². The lowest BCUT2D eigenvalue weighted by molar-refractivity contribution is 0.297. The summed E-state index contributed by atoms with van der Waals surface area (Å²) in [6.45, 7) is 2.51. The molecule has 1 N–H and O–H groups in total. The first-order valence-corrected chi connectivity index (χ1v) is 6.56. The number of rotatable bonds is 4. The molecule has 0 aromatic heterocycles. The third-order valence-corrected chi connectivity index (χ3v) is 3.34. The Labute approximate surface area is 101 Å². The predicted octanol–water partition coefficient (Wildman–Crippen LogP) is 2.16. The zero-order valence-electron chi connectivity index (χ0n) is 9.49. The third-order valence-electron chi connectivity index (χ3n) is 2.34.